The van der Waals surface area contributed by atoms with Crippen LogP contribution in [-0.4, -0.2) is 43.8 Å². The van der Waals surface area contributed by atoms with Gasteiger partial charge in [0.25, 0.3) is 10.0 Å². The van der Waals surface area contributed by atoms with Crippen LogP contribution in [0.2, 0.25) is 10.0 Å². The molecule has 0 saturated heterocycles. The molecule has 1 aliphatic carbocycles. The van der Waals surface area contributed by atoms with E-state index in [2.05, 4.69) is 5.32 Å². The Morgan fingerprint density at radius 3 is 2.11 bits per heavy atom. The zero-order valence-corrected chi connectivity index (χ0v) is 27.9. The summed E-state index contributed by atoms with van der Waals surface area (Å²) in [5.41, 5.74) is 2.72. The van der Waals surface area contributed by atoms with Gasteiger partial charge in [-0.2, -0.15) is 0 Å². The summed E-state index contributed by atoms with van der Waals surface area (Å²) >= 11 is 12.6. The number of nitrogens with one attached hydrogen (secondary N) is 1. The molecule has 2 amide bonds. The lowest BCUT2D eigenvalue weighted by molar-refractivity contribution is -0.140. The van der Waals surface area contributed by atoms with Gasteiger partial charge in [-0.1, -0.05) is 102 Å². The molecule has 1 fully saturated rings. The van der Waals surface area contributed by atoms with Gasteiger partial charge >= 0.3 is 0 Å². The maximum atomic E-state index is 14.6. The Morgan fingerprint density at radius 2 is 1.46 bits per heavy atom. The minimum atomic E-state index is -4.21. The predicted molar refractivity (Wildman–Crippen MR) is 183 cm³/mol. The standard InChI is InChI=1S/C36H37Cl2N3O4S/c1-26-17-19-33(20-18-26)46(44,45)41(32-16-8-13-30(38)23-32)25-35(42)40(24-28-11-7-12-29(37)21-28)34(22-27-9-3-2-4-10-27)36(43)39-31-14-5-6-15-31/h2-4,7-13,16-21,23,31,34H,5-6,14-15,22,24-25H2,1H3,(H,39,43)/t34-/m1/s1. The summed E-state index contributed by atoms with van der Waals surface area (Å²) in [7, 11) is -4.21. The number of benzene rings is 4. The molecule has 5 rings (SSSR count). The monoisotopic (exact) mass is 677 g/mol. The van der Waals surface area contributed by atoms with Crippen LogP contribution in [0.25, 0.3) is 0 Å². The summed E-state index contributed by atoms with van der Waals surface area (Å²) in [5, 5.41) is 3.99. The third kappa shape index (κ3) is 8.49. The fraction of sp³-hybridized carbons (Fsp3) is 0.278. The maximum Gasteiger partial charge on any atom is 0.264 e. The van der Waals surface area contributed by atoms with E-state index in [1.54, 1.807) is 48.5 Å². The van der Waals surface area contributed by atoms with Crippen molar-refractivity contribution in [1.29, 1.82) is 0 Å². The van der Waals surface area contributed by atoms with Gasteiger partial charge < -0.3 is 10.2 Å². The number of carbonyl (C=O) groups is 2. The number of amides is 2. The highest BCUT2D eigenvalue weighted by Crippen LogP contribution is 2.28. The van der Waals surface area contributed by atoms with Crippen LogP contribution in [0.5, 0.6) is 0 Å². The van der Waals surface area contributed by atoms with Crippen LogP contribution in [0.3, 0.4) is 0 Å². The molecule has 0 aromatic heterocycles. The van der Waals surface area contributed by atoms with Gasteiger partial charge in [-0.15, -0.1) is 0 Å². The number of halogens is 2. The lowest BCUT2D eigenvalue weighted by Gasteiger charge is -2.34. The molecule has 4 aromatic carbocycles. The predicted octanol–water partition coefficient (Wildman–Crippen LogP) is 7.20. The zero-order chi connectivity index (χ0) is 32.7. The SMILES string of the molecule is Cc1ccc(S(=O)(=O)N(CC(=O)N(Cc2cccc(Cl)c2)[C@H](Cc2ccccc2)C(=O)NC2CCCC2)c2cccc(Cl)c2)cc1. The van der Waals surface area contributed by atoms with Crippen molar-refractivity contribution in [3.8, 4) is 0 Å². The Kier molecular flexibility index (Phi) is 11.0. The summed E-state index contributed by atoms with van der Waals surface area (Å²) in [5.74, 6) is -0.819. The molecule has 1 atom stereocenters. The van der Waals surface area contributed by atoms with E-state index in [1.165, 1.54) is 23.1 Å². The van der Waals surface area contributed by atoms with Crippen LogP contribution in [0.4, 0.5) is 5.69 Å². The minimum absolute atomic E-state index is 0.0266. The molecule has 0 spiro atoms. The molecule has 1 saturated carbocycles. The van der Waals surface area contributed by atoms with Crippen LogP contribution in [0, 0.1) is 6.92 Å². The van der Waals surface area contributed by atoms with E-state index in [1.807, 2.05) is 43.3 Å². The van der Waals surface area contributed by atoms with Crippen LogP contribution in [-0.2, 0) is 32.6 Å². The molecule has 0 aliphatic heterocycles. The fourth-order valence-electron chi connectivity index (χ4n) is 5.75. The van der Waals surface area contributed by atoms with Gasteiger partial charge in [0.15, 0.2) is 0 Å². The average molecular weight is 679 g/mol. The maximum absolute atomic E-state index is 14.6. The lowest BCUT2D eigenvalue weighted by atomic mass is 10.0. The first-order valence-electron chi connectivity index (χ1n) is 15.3. The number of carbonyl (C=O) groups excluding carboxylic acids is 2. The van der Waals surface area contributed by atoms with E-state index >= 15 is 0 Å². The van der Waals surface area contributed by atoms with Crippen molar-refractivity contribution in [1.82, 2.24) is 10.2 Å². The smallest absolute Gasteiger partial charge is 0.264 e. The number of aryl methyl sites for hydroxylation is 1. The highest BCUT2D eigenvalue weighted by atomic mass is 35.5. The molecular weight excluding hydrogens is 641 g/mol. The second-order valence-electron chi connectivity index (χ2n) is 11.7. The van der Waals surface area contributed by atoms with Crippen molar-refractivity contribution in [3.05, 3.63) is 130 Å². The Labute approximate surface area is 281 Å². The molecule has 240 valence electrons. The molecule has 4 aromatic rings. The molecule has 1 N–H and O–H groups in total. The molecule has 46 heavy (non-hydrogen) atoms. The van der Waals surface area contributed by atoms with Crippen LogP contribution < -0.4 is 9.62 Å². The largest absolute Gasteiger partial charge is 0.352 e. The number of hydrogen-bond acceptors (Lipinski definition) is 4. The molecule has 7 nitrogen and oxygen atoms in total. The summed E-state index contributed by atoms with van der Waals surface area (Å²) in [6.45, 7) is 1.36. The van der Waals surface area contributed by atoms with E-state index < -0.39 is 28.5 Å². The van der Waals surface area contributed by atoms with E-state index in [0.717, 1.165) is 41.1 Å². The lowest BCUT2D eigenvalue weighted by Crippen LogP contribution is -2.54. The Balaban J connectivity index is 1.57. The number of rotatable bonds is 12. The van der Waals surface area contributed by atoms with E-state index in [4.69, 9.17) is 23.2 Å². The van der Waals surface area contributed by atoms with Crippen LogP contribution in [0.1, 0.15) is 42.4 Å². The Bertz CT molecular complexity index is 1760. The zero-order valence-electron chi connectivity index (χ0n) is 25.6. The molecule has 10 heteroatoms. The summed E-state index contributed by atoms with van der Waals surface area (Å²) in [6, 6.07) is 28.5. The number of hydrogen-bond donors (Lipinski definition) is 1. The summed E-state index contributed by atoms with van der Waals surface area (Å²) < 4.78 is 29.4. The second-order valence-corrected chi connectivity index (χ2v) is 14.4. The molecule has 1 aliphatic rings. The van der Waals surface area contributed by atoms with Crippen molar-refractivity contribution in [2.75, 3.05) is 10.8 Å². The van der Waals surface area contributed by atoms with Gasteiger partial charge in [0.1, 0.15) is 12.6 Å². The molecular formula is C36H37Cl2N3O4S. The number of sulfonamides is 1. The highest BCUT2D eigenvalue weighted by molar-refractivity contribution is 7.92. The Hall–Kier alpha value is -3.85. The van der Waals surface area contributed by atoms with E-state index in [-0.39, 0.29) is 35.5 Å². The van der Waals surface area contributed by atoms with Gasteiger partial charge in [-0.25, -0.2) is 8.42 Å². The Morgan fingerprint density at radius 1 is 0.826 bits per heavy atom. The third-order valence-electron chi connectivity index (χ3n) is 8.20. The quantitative estimate of drug-likeness (QED) is 0.172. The van der Waals surface area contributed by atoms with Crippen LogP contribution >= 0.6 is 23.2 Å². The van der Waals surface area contributed by atoms with Gasteiger partial charge in [0.2, 0.25) is 11.8 Å². The van der Waals surface area contributed by atoms with E-state index in [9.17, 15) is 18.0 Å². The summed E-state index contributed by atoms with van der Waals surface area (Å²) in [4.78, 5) is 30.2. The first-order valence-corrected chi connectivity index (χ1v) is 17.5. The minimum Gasteiger partial charge on any atom is -0.352 e. The van der Waals surface area contributed by atoms with Crippen molar-refractivity contribution >= 4 is 50.7 Å². The second kappa shape index (κ2) is 15.2. The molecule has 0 heterocycles. The summed E-state index contributed by atoms with van der Waals surface area (Å²) in [6.07, 6.45) is 4.07. The fourth-order valence-corrected chi connectivity index (χ4v) is 7.55. The van der Waals surface area contributed by atoms with Crippen LogP contribution in [0.15, 0.2) is 108 Å². The highest BCUT2D eigenvalue weighted by Gasteiger charge is 2.35. The van der Waals surface area contributed by atoms with Gasteiger partial charge in [-0.3, -0.25) is 13.9 Å². The van der Waals surface area contributed by atoms with Gasteiger partial charge in [0.05, 0.1) is 10.6 Å². The van der Waals surface area contributed by atoms with Gasteiger partial charge in [-0.05, 0) is 73.4 Å². The molecule has 0 unspecified atom stereocenters. The molecule has 0 bridgehead atoms. The average Bonchev–Trinajstić information content (AvgIpc) is 3.55. The van der Waals surface area contributed by atoms with Crippen molar-refractivity contribution in [2.45, 2.75) is 62.6 Å². The van der Waals surface area contributed by atoms with E-state index in [0.29, 0.717) is 15.6 Å². The molecule has 0 radical (unpaired) electrons. The van der Waals surface area contributed by atoms with Crippen molar-refractivity contribution < 1.29 is 18.0 Å². The topological polar surface area (TPSA) is 86.8 Å². The first kappa shape index (κ1) is 33.5. The first-order chi connectivity index (χ1) is 22.1. The normalized spacial score (nSPS) is 14.1. The number of anilines is 1. The van der Waals surface area contributed by atoms with Gasteiger partial charge in [0, 0.05) is 29.1 Å². The third-order valence-corrected chi connectivity index (χ3v) is 10.5. The van der Waals surface area contributed by atoms with Crippen molar-refractivity contribution in [3.63, 3.8) is 0 Å². The number of nitrogens with zero attached hydrogens (tertiary/aromatic N) is 2. The van der Waals surface area contributed by atoms with Crippen molar-refractivity contribution in [2.24, 2.45) is 0 Å².